The van der Waals surface area contributed by atoms with Crippen molar-refractivity contribution in [2.75, 3.05) is 6.79 Å². The van der Waals surface area contributed by atoms with Crippen molar-refractivity contribution in [1.29, 1.82) is 0 Å². The number of hydrogen-bond donors (Lipinski definition) is 0. The van der Waals surface area contributed by atoms with Gasteiger partial charge in [0.1, 0.15) is 5.76 Å². The number of benzene rings is 1. The van der Waals surface area contributed by atoms with Crippen molar-refractivity contribution in [2.45, 2.75) is 20.4 Å². The maximum absolute atomic E-state index is 12.2. The fraction of sp³-hybridized carbons (Fsp3) is 0.267. The molecule has 1 aliphatic heterocycles. The summed E-state index contributed by atoms with van der Waals surface area (Å²) < 4.78 is 18.7. The molecule has 3 heterocycles. The Morgan fingerprint density at radius 3 is 2.83 bits per heavy atom. The van der Waals surface area contributed by atoms with E-state index in [1.54, 1.807) is 13.0 Å². The fourth-order valence-electron chi connectivity index (χ4n) is 2.46. The van der Waals surface area contributed by atoms with Crippen LogP contribution in [0.3, 0.4) is 0 Å². The molecule has 3 aromatic rings. The first-order valence-corrected chi connectivity index (χ1v) is 7.92. The number of thiazole rings is 1. The number of hydrogen-bond acceptors (Lipinski definition) is 6. The summed E-state index contributed by atoms with van der Waals surface area (Å²) in [6.45, 7) is 4.65. The Labute approximate surface area is 134 Å². The van der Waals surface area contributed by atoms with Crippen LogP contribution in [0, 0.1) is 6.92 Å². The van der Waals surface area contributed by atoms with E-state index in [2.05, 4.69) is 10.1 Å². The molecule has 0 spiro atoms. The molecule has 1 aliphatic rings. The van der Waals surface area contributed by atoms with Crippen LogP contribution in [0.15, 0.2) is 27.7 Å². The SMILES string of the molecule is CCn1c(=NC(=O)c2cc(C)on2)sc2cc3c(cc21)OCO3. The zero-order chi connectivity index (χ0) is 16.0. The van der Waals surface area contributed by atoms with Gasteiger partial charge in [0.15, 0.2) is 22.0 Å². The van der Waals surface area contributed by atoms with Gasteiger partial charge in [0.2, 0.25) is 6.79 Å². The molecule has 1 aromatic carbocycles. The molecule has 0 N–H and O–H groups in total. The molecule has 0 fully saturated rings. The third-order valence-corrected chi connectivity index (χ3v) is 4.58. The van der Waals surface area contributed by atoms with Crippen molar-refractivity contribution in [3.05, 3.63) is 34.5 Å². The first kappa shape index (κ1) is 14.0. The molecule has 118 valence electrons. The summed E-state index contributed by atoms with van der Waals surface area (Å²) in [5.74, 6) is 1.58. The van der Waals surface area contributed by atoms with Gasteiger partial charge in [0.05, 0.1) is 10.2 Å². The van der Waals surface area contributed by atoms with E-state index in [9.17, 15) is 4.79 Å². The van der Waals surface area contributed by atoms with E-state index in [0.29, 0.717) is 28.6 Å². The third kappa shape index (κ3) is 2.31. The predicted octanol–water partition coefficient (Wildman–Crippen LogP) is 2.49. The quantitative estimate of drug-likeness (QED) is 0.721. The predicted molar refractivity (Wildman–Crippen MR) is 82.7 cm³/mol. The summed E-state index contributed by atoms with van der Waals surface area (Å²) in [5.41, 5.74) is 1.17. The Morgan fingerprint density at radius 2 is 2.13 bits per heavy atom. The lowest BCUT2D eigenvalue weighted by atomic mass is 10.3. The van der Waals surface area contributed by atoms with Crippen LogP contribution >= 0.6 is 11.3 Å². The van der Waals surface area contributed by atoms with Crippen LogP contribution in [0.4, 0.5) is 0 Å². The van der Waals surface area contributed by atoms with Crippen LogP contribution in [-0.4, -0.2) is 22.4 Å². The molecule has 0 radical (unpaired) electrons. The molecule has 0 aliphatic carbocycles. The summed E-state index contributed by atoms with van der Waals surface area (Å²) >= 11 is 1.43. The molecule has 23 heavy (non-hydrogen) atoms. The first-order valence-electron chi connectivity index (χ1n) is 7.11. The topological polar surface area (TPSA) is 78.9 Å². The molecule has 0 unspecified atom stereocenters. The van der Waals surface area contributed by atoms with Gasteiger partial charge >= 0.3 is 5.91 Å². The van der Waals surface area contributed by atoms with Gasteiger partial charge < -0.3 is 18.6 Å². The average Bonchev–Trinajstić information content (AvgIpc) is 3.22. The number of carbonyl (C=O) groups is 1. The lowest BCUT2D eigenvalue weighted by Crippen LogP contribution is -2.16. The number of ether oxygens (including phenoxy) is 2. The van der Waals surface area contributed by atoms with Crippen LogP contribution in [0.25, 0.3) is 10.2 Å². The van der Waals surface area contributed by atoms with Crippen LogP contribution in [-0.2, 0) is 6.54 Å². The summed E-state index contributed by atoms with van der Waals surface area (Å²) in [7, 11) is 0. The highest BCUT2D eigenvalue weighted by Crippen LogP contribution is 2.36. The average molecular weight is 331 g/mol. The van der Waals surface area contributed by atoms with Gasteiger partial charge in [0, 0.05) is 24.7 Å². The summed E-state index contributed by atoms with van der Waals surface area (Å²) in [6, 6.07) is 5.41. The Bertz CT molecular complexity index is 982. The number of carbonyl (C=O) groups excluding carboxylic acids is 1. The number of rotatable bonds is 2. The van der Waals surface area contributed by atoms with Crippen molar-refractivity contribution in [3.63, 3.8) is 0 Å². The highest BCUT2D eigenvalue weighted by Gasteiger charge is 2.18. The van der Waals surface area contributed by atoms with E-state index in [1.807, 2.05) is 23.6 Å². The Morgan fingerprint density at radius 1 is 1.35 bits per heavy atom. The molecular weight excluding hydrogens is 318 g/mol. The summed E-state index contributed by atoms with van der Waals surface area (Å²) in [4.78, 5) is 17.0. The molecular formula is C15H13N3O4S. The van der Waals surface area contributed by atoms with Gasteiger partial charge in [-0.15, -0.1) is 0 Å². The van der Waals surface area contributed by atoms with Crippen molar-refractivity contribution in [2.24, 2.45) is 4.99 Å². The van der Waals surface area contributed by atoms with Crippen molar-refractivity contribution >= 4 is 27.5 Å². The molecule has 0 atom stereocenters. The number of aryl methyl sites for hydroxylation is 2. The monoisotopic (exact) mass is 331 g/mol. The molecule has 1 amide bonds. The largest absolute Gasteiger partial charge is 0.454 e. The van der Waals surface area contributed by atoms with Gasteiger partial charge in [-0.25, -0.2) is 0 Å². The highest BCUT2D eigenvalue weighted by molar-refractivity contribution is 7.16. The molecule has 4 rings (SSSR count). The van der Waals surface area contributed by atoms with Crippen molar-refractivity contribution in [1.82, 2.24) is 9.72 Å². The smallest absolute Gasteiger partial charge is 0.301 e. The van der Waals surface area contributed by atoms with Crippen molar-refractivity contribution in [3.8, 4) is 11.5 Å². The molecule has 2 aromatic heterocycles. The van der Waals surface area contributed by atoms with Gasteiger partial charge in [0.25, 0.3) is 0 Å². The van der Waals surface area contributed by atoms with Gasteiger partial charge in [-0.2, -0.15) is 4.99 Å². The number of nitrogens with zero attached hydrogens (tertiary/aromatic N) is 3. The molecule has 0 saturated heterocycles. The normalized spacial score (nSPS) is 13.9. The van der Waals surface area contributed by atoms with Gasteiger partial charge in [-0.05, 0) is 13.8 Å². The second-order valence-corrected chi connectivity index (χ2v) is 6.05. The Hall–Kier alpha value is -2.61. The standard InChI is InChI=1S/C15H13N3O4S/c1-3-18-10-5-11-12(21-7-20-11)6-13(10)23-15(18)16-14(19)9-4-8(2)22-17-9/h4-6H,3,7H2,1-2H3. The molecule has 8 heteroatoms. The lowest BCUT2D eigenvalue weighted by Gasteiger charge is -2.01. The first-order chi connectivity index (χ1) is 11.2. The fourth-order valence-corrected chi connectivity index (χ4v) is 3.56. The second kappa shape index (κ2) is 5.24. The van der Waals surface area contributed by atoms with Crippen LogP contribution in [0.1, 0.15) is 23.2 Å². The minimum absolute atomic E-state index is 0.205. The van der Waals surface area contributed by atoms with Crippen LogP contribution in [0.5, 0.6) is 11.5 Å². The molecule has 0 bridgehead atoms. The van der Waals surface area contributed by atoms with Crippen molar-refractivity contribution < 1.29 is 18.8 Å². The molecule has 7 nitrogen and oxygen atoms in total. The maximum atomic E-state index is 12.2. The molecule has 0 saturated carbocycles. The van der Waals surface area contributed by atoms with Gasteiger partial charge in [-0.1, -0.05) is 16.5 Å². The zero-order valence-corrected chi connectivity index (χ0v) is 13.3. The second-order valence-electron chi connectivity index (χ2n) is 5.04. The van der Waals surface area contributed by atoms with Crippen LogP contribution < -0.4 is 14.3 Å². The minimum atomic E-state index is -0.421. The number of fused-ring (bicyclic) bond motifs is 2. The zero-order valence-electron chi connectivity index (χ0n) is 12.5. The van der Waals surface area contributed by atoms with E-state index in [0.717, 1.165) is 10.2 Å². The van der Waals surface area contributed by atoms with E-state index in [4.69, 9.17) is 14.0 Å². The Kier molecular flexibility index (Phi) is 3.19. The lowest BCUT2D eigenvalue weighted by molar-refractivity contribution is 0.0989. The van der Waals surface area contributed by atoms with Crippen LogP contribution in [0.2, 0.25) is 0 Å². The third-order valence-electron chi connectivity index (χ3n) is 3.54. The van der Waals surface area contributed by atoms with Gasteiger partial charge in [-0.3, -0.25) is 4.79 Å². The van der Waals surface area contributed by atoms with E-state index < -0.39 is 5.91 Å². The Balaban J connectivity index is 1.86. The minimum Gasteiger partial charge on any atom is -0.454 e. The highest BCUT2D eigenvalue weighted by atomic mass is 32.1. The number of amides is 1. The van der Waals surface area contributed by atoms with E-state index >= 15 is 0 Å². The summed E-state index contributed by atoms with van der Waals surface area (Å²) in [6.07, 6.45) is 0. The number of aromatic nitrogens is 2. The van der Waals surface area contributed by atoms with E-state index in [1.165, 1.54) is 11.3 Å². The van der Waals surface area contributed by atoms with E-state index in [-0.39, 0.29) is 12.5 Å². The maximum Gasteiger partial charge on any atom is 0.301 e. The summed E-state index contributed by atoms with van der Waals surface area (Å²) in [5, 5.41) is 3.71.